The molecule has 2 aromatic rings. The first kappa shape index (κ1) is 16.1. The summed E-state index contributed by atoms with van der Waals surface area (Å²) in [6.45, 7) is 9.91. The van der Waals surface area contributed by atoms with Gasteiger partial charge in [0.1, 0.15) is 11.5 Å². The molecule has 0 fully saturated rings. The minimum Gasteiger partial charge on any atom is -0.333 e. The first-order valence-electron chi connectivity index (χ1n) is 7.44. The SMILES string of the molecule is Cc1n[nH]c(C)c1C(C)N(C)C(=O)c1ccnc(C(C)C)n1. The van der Waals surface area contributed by atoms with E-state index in [1.807, 2.05) is 34.6 Å². The summed E-state index contributed by atoms with van der Waals surface area (Å²) in [7, 11) is 1.79. The smallest absolute Gasteiger partial charge is 0.272 e. The van der Waals surface area contributed by atoms with Gasteiger partial charge in [0.2, 0.25) is 0 Å². The molecule has 0 bridgehead atoms. The molecule has 6 nitrogen and oxygen atoms in total. The van der Waals surface area contributed by atoms with Crippen LogP contribution in [0, 0.1) is 13.8 Å². The molecule has 0 aliphatic rings. The van der Waals surface area contributed by atoms with E-state index in [9.17, 15) is 4.79 Å². The average molecular weight is 301 g/mol. The number of carbonyl (C=O) groups excluding carboxylic acids is 1. The van der Waals surface area contributed by atoms with Crippen LogP contribution in [-0.4, -0.2) is 38.0 Å². The topological polar surface area (TPSA) is 74.8 Å². The molecule has 0 aromatic carbocycles. The van der Waals surface area contributed by atoms with Crippen LogP contribution in [0.5, 0.6) is 0 Å². The maximum Gasteiger partial charge on any atom is 0.272 e. The Hall–Kier alpha value is -2.24. The van der Waals surface area contributed by atoms with Crippen molar-refractivity contribution >= 4 is 5.91 Å². The second kappa shape index (κ2) is 6.25. The number of nitrogens with zero attached hydrogens (tertiary/aromatic N) is 4. The molecular formula is C16H23N5O. The Morgan fingerprint density at radius 1 is 1.27 bits per heavy atom. The van der Waals surface area contributed by atoms with Gasteiger partial charge in [0.15, 0.2) is 0 Å². The van der Waals surface area contributed by atoms with Crippen molar-refractivity contribution in [3.05, 3.63) is 40.7 Å². The average Bonchev–Trinajstić information content (AvgIpc) is 2.84. The number of rotatable bonds is 4. The van der Waals surface area contributed by atoms with Crippen LogP contribution in [0.15, 0.2) is 12.3 Å². The van der Waals surface area contributed by atoms with Crippen LogP contribution in [0.25, 0.3) is 0 Å². The van der Waals surface area contributed by atoms with Crippen LogP contribution in [0.2, 0.25) is 0 Å². The van der Waals surface area contributed by atoms with Gasteiger partial charge in [0, 0.05) is 30.4 Å². The molecule has 0 aliphatic heterocycles. The highest BCUT2D eigenvalue weighted by molar-refractivity contribution is 5.92. The highest BCUT2D eigenvalue weighted by Gasteiger charge is 2.24. The second-order valence-corrected chi connectivity index (χ2v) is 5.89. The van der Waals surface area contributed by atoms with E-state index in [-0.39, 0.29) is 17.9 Å². The number of hydrogen-bond donors (Lipinski definition) is 1. The Labute approximate surface area is 131 Å². The summed E-state index contributed by atoms with van der Waals surface area (Å²) in [5, 5.41) is 7.16. The zero-order valence-electron chi connectivity index (χ0n) is 14.0. The Morgan fingerprint density at radius 3 is 2.50 bits per heavy atom. The standard InChI is InChI=1S/C16H23N5O/c1-9(2)15-17-8-7-13(18-15)16(22)21(6)12(5)14-10(3)19-20-11(14)4/h7-9,12H,1-6H3,(H,19,20). The molecule has 2 heterocycles. The number of H-pyrrole nitrogens is 1. The number of nitrogens with one attached hydrogen (secondary N) is 1. The monoisotopic (exact) mass is 301 g/mol. The van der Waals surface area contributed by atoms with Gasteiger partial charge in [-0.15, -0.1) is 0 Å². The number of aromatic nitrogens is 4. The van der Waals surface area contributed by atoms with E-state index < -0.39 is 0 Å². The molecule has 0 radical (unpaired) electrons. The molecule has 118 valence electrons. The summed E-state index contributed by atoms with van der Waals surface area (Å²) >= 11 is 0. The molecule has 2 aromatic heterocycles. The third kappa shape index (κ3) is 3.00. The van der Waals surface area contributed by atoms with Gasteiger partial charge < -0.3 is 4.90 Å². The van der Waals surface area contributed by atoms with Crippen molar-refractivity contribution in [1.29, 1.82) is 0 Å². The van der Waals surface area contributed by atoms with Crippen molar-refractivity contribution < 1.29 is 4.79 Å². The lowest BCUT2D eigenvalue weighted by molar-refractivity contribution is 0.0735. The molecular weight excluding hydrogens is 278 g/mol. The Balaban J connectivity index is 2.27. The van der Waals surface area contributed by atoms with Crippen molar-refractivity contribution in [3.8, 4) is 0 Å². The van der Waals surface area contributed by atoms with Gasteiger partial charge in [0.25, 0.3) is 5.91 Å². The summed E-state index contributed by atoms with van der Waals surface area (Å²) in [4.78, 5) is 23.0. The fourth-order valence-electron chi connectivity index (χ4n) is 2.50. The zero-order chi connectivity index (χ0) is 16.4. The fourth-order valence-corrected chi connectivity index (χ4v) is 2.50. The lowest BCUT2D eigenvalue weighted by atomic mass is 10.1. The van der Waals surface area contributed by atoms with Crippen molar-refractivity contribution in [1.82, 2.24) is 25.1 Å². The first-order chi connectivity index (χ1) is 10.3. The van der Waals surface area contributed by atoms with Crippen LogP contribution >= 0.6 is 0 Å². The summed E-state index contributed by atoms with van der Waals surface area (Å²) in [5.74, 6) is 0.758. The van der Waals surface area contributed by atoms with Crippen molar-refractivity contribution in [2.75, 3.05) is 7.05 Å². The van der Waals surface area contributed by atoms with E-state index in [0.29, 0.717) is 11.5 Å². The highest BCUT2D eigenvalue weighted by atomic mass is 16.2. The number of aryl methyl sites for hydroxylation is 2. The van der Waals surface area contributed by atoms with Crippen LogP contribution in [0.4, 0.5) is 0 Å². The predicted octanol–water partition coefficient (Wildman–Crippen LogP) is 2.77. The molecule has 1 amide bonds. The number of aromatic amines is 1. The van der Waals surface area contributed by atoms with Crippen LogP contribution in [0.3, 0.4) is 0 Å². The van der Waals surface area contributed by atoms with Crippen LogP contribution < -0.4 is 0 Å². The van der Waals surface area contributed by atoms with E-state index in [1.165, 1.54) is 0 Å². The van der Waals surface area contributed by atoms with Crippen LogP contribution in [-0.2, 0) is 0 Å². The Kier molecular flexibility index (Phi) is 4.59. The third-order valence-corrected chi connectivity index (χ3v) is 3.91. The third-order valence-electron chi connectivity index (χ3n) is 3.91. The summed E-state index contributed by atoms with van der Waals surface area (Å²) < 4.78 is 0. The van der Waals surface area contributed by atoms with E-state index in [0.717, 1.165) is 17.0 Å². The molecule has 6 heteroatoms. The molecule has 0 aliphatic carbocycles. The predicted molar refractivity (Wildman–Crippen MR) is 84.7 cm³/mol. The zero-order valence-corrected chi connectivity index (χ0v) is 14.0. The van der Waals surface area contributed by atoms with E-state index in [2.05, 4.69) is 20.2 Å². The van der Waals surface area contributed by atoms with Gasteiger partial charge in [-0.2, -0.15) is 5.10 Å². The van der Waals surface area contributed by atoms with Gasteiger partial charge in [-0.25, -0.2) is 9.97 Å². The molecule has 0 saturated carbocycles. The summed E-state index contributed by atoms with van der Waals surface area (Å²) in [6.07, 6.45) is 1.64. The van der Waals surface area contributed by atoms with Gasteiger partial charge in [0.05, 0.1) is 11.7 Å². The number of carbonyl (C=O) groups is 1. The van der Waals surface area contributed by atoms with Gasteiger partial charge in [-0.1, -0.05) is 13.8 Å². The molecule has 2 rings (SSSR count). The normalized spacial score (nSPS) is 12.5. The number of amides is 1. The second-order valence-electron chi connectivity index (χ2n) is 5.89. The quantitative estimate of drug-likeness (QED) is 0.942. The first-order valence-corrected chi connectivity index (χ1v) is 7.44. The minimum atomic E-state index is -0.114. The lowest BCUT2D eigenvalue weighted by Crippen LogP contribution is -2.31. The van der Waals surface area contributed by atoms with Crippen molar-refractivity contribution in [2.45, 2.75) is 46.6 Å². The van der Waals surface area contributed by atoms with Crippen molar-refractivity contribution in [2.24, 2.45) is 0 Å². The van der Waals surface area contributed by atoms with Crippen molar-refractivity contribution in [3.63, 3.8) is 0 Å². The molecule has 0 spiro atoms. The van der Waals surface area contributed by atoms with E-state index >= 15 is 0 Å². The van der Waals surface area contributed by atoms with Gasteiger partial charge >= 0.3 is 0 Å². The molecule has 1 unspecified atom stereocenters. The fraction of sp³-hybridized carbons (Fsp3) is 0.500. The Bertz CT molecular complexity index is 657. The summed E-state index contributed by atoms with van der Waals surface area (Å²) in [6, 6.07) is 1.58. The highest BCUT2D eigenvalue weighted by Crippen LogP contribution is 2.25. The van der Waals surface area contributed by atoms with Crippen LogP contribution in [0.1, 0.15) is 66.0 Å². The molecule has 0 saturated heterocycles. The molecule has 1 atom stereocenters. The van der Waals surface area contributed by atoms with E-state index in [1.54, 1.807) is 24.2 Å². The lowest BCUT2D eigenvalue weighted by Gasteiger charge is -2.25. The largest absolute Gasteiger partial charge is 0.333 e. The Morgan fingerprint density at radius 2 is 1.95 bits per heavy atom. The summed E-state index contributed by atoms with van der Waals surface area (Å²) in [5.41, 5.74) is 3.37. The maximum absolute atomic E-state index is 12.7. The number of hydrogen-bond acceptors (Lipinski definition) is 4. The van der Waals surface area contributed by atoms with Gasteiger partial charge in [-0.05, 0) is 26.8 Å². The molecule has 1 N–H and O–H groups in total. The minimum absolute atomic E-state index is 0.0799. The molecule has 22 heavy (non-hydrogen) atoms. The van der Waals surface area contributed by atoms with Gasteiger partial charge in [-0.3, -0.25) is 9.89 Å². The van der Waals surface area contributed by atoms with E-state index in [4.69, 9.17) is 0 Å². The maximum atomic E-state index is 12.7.